The van der Waals surface area contributed by atoms with Gasteiger partial charge in [-0.25, -0.2) is 0 Å². The smallest absolute Gasteiger partial charge is 0.303 e. The molecule has 31 heavy (non-hydrogen) atoms. The molecule has 0 aromatic rings. The molecule has 9 heteroatoms. The van der Waals surface area contributed by atoms with Crippen LogP contribution in [0.25, 0.3) is 0 Å². The highest BCUT2D eigenvalue weighted by molar-refractivity contribution is 5.75. The van der Waals surface area contributed by atoms with E-state index in [4.69, 9.17) is 24.1 Å². The van der Waals surface area contributed by atoms with Crippen molar-refractivity contribution in [2.45, 2.75) is 64.7 Å². The van der Waals surface area contributed by atoms with E-state index in [2.05, 4.69) is 5.32 Å². The van der Waals surface area contributed by atoms with Gasteiger partial charge in [-0.2, -0.15) is 0 Å². The molecule has 0 saturated heterocycles. The van der Waals surface area contributed by atoms with E-state index in [1.165, 1.54) is 6.92 Å². The van der Waals surface area contributed by atoms with Crippen LogP contribution in [-0.2, 0) is 33.3 Å². The summed E-state index contributed by atoms with van der Waals surface area (Å²) >= 11 is 0. The van der Waals surface area contributed by atoms with Crippen molar-refractivity contribution in [1.29, 1.82) is 0 Å². The van der Waals surface area contributed by atoms with Gasteiger partial charge < -0.3 is 29.4 Å². The maximum atomic E-state index is 11.7. The minimum absolute atomic E-state index is 0.0353. The first kappa shape index (κ1) is 29.5. The molecule has 1 amide bonds. The van der Waals surface area contributed by atoms with Crippen molar-refractivity contribution in [3.8, 4) is 0 Å². The van der Waals surface area contributed by atoms with Gasteiger partial charge in [0.25, 0.3) is 0 Å². The van der Waals surface area contributed by atoms with Crippen molar-refractivity contribution in [3.63, 3.8) is 0 Å². The second-order valence-electron chi connectivity index (χ2n) is 7.27. The van der Waals surface area contributed by atoms with Gasteiger partial charge in [-0.3, -0.25) is 14.4 Å². The Labute approximate surface area is 186 Å². The van der Waals surface area contributed by atoms with E-state index < -0.39 is 5.97 Å². The molecule has 0 aromatic carbocycles. The first-order valence-electron chi connectivity index (χ1n) is 11.3. The highest BCUT2D eigenvalue weighted by Gasteiger charge is 2.01. The van der Waals surface area contributed by atoms with Gasteiger partial charge in [0.05, 0.1) is 52.9 Å². The second-order valence-corrected chi connectivity index (χ2v) is 7.27. The van der Waals surface area contributed by atoms with E-state index in [-0.39, 0.29) is 18.1 Å². The van der Waals surface area contributed by atoms with Crippen LogP contribution in [0.15, 0.2) is 0 Å². The monoisotopic (exact) mass is 447 g/mol. The predicted octanol–water partition coefficient (Wildman–Crippen LogP) is 2.35. The molecule has 0 bridgehead atoms. The van der Waals surface area contributed by atoms with Crippen molar-refractivity contribution >= 4 is 17.7 Å². The van der Waals surface area contributed by atoms with Crippen LogP contribution in [0, 0.1) is 0 Å². The lowest BCUT2D eigenvalue weighted by molar-refractivity contribution is -0.137. The molecule has 9 nitrogen and oxygen atoms in total. The average Bonchev–Trinajstić information content (AvgIpc) is 2.72. The Balaban J connectivity index is 3.17. The standard InChI is InChI=1S/C22H41NO8/c1-20(24)10-12-28-14-16-30-18-19-31-17-15-29-13-11-23-21(25)8-6-4-2-3-5-7-9-22(26)27/h2-19H2,1H3,(H,23,25)(H,26,27). The summed E-state index contributed by atoms with van der Waals surface area (Å²) in [5.41, 5.74) is 0. The lowest BCUT2D eigenvalue weighted by Crippen LogP contribution is -2.27. The van der Waals surface area contributed by atoms with Gasteiger partial charge in [0.2, 0.25) is 5.91 Å². The number of aliphatic carboxylic acids is 1. The van der Waals surface area contributed by atoms with Crippen LogP contribution >= 0.6 is 0 Å². The molecule has 0 heterocycles. The van der Waals surface area contributed by atoms with Crippen molar-refractivity contribution in [2.24, 2.45) is 0 Å². The van der Waals surface area contributed by atoms with Crippen LogP contribution in [0.3, 0.4) is 0 Å². The highest BCUT2D eigenvalue weighted by atomic mass is 16.6. The van der Waals surface area contributed by atoms with Gasteiger partial charge in [0.1, 0.15) is 5.78 Å². The van der Waals surface area contributed by atoms with E-state index in [0.717, 1.165) is 38.5 Å². The number of carboxylic acids is 1. The Hall–Kier alpha value is -1.55. The number of rotatable bonds is 24. The van der Waals surface area contributed by atoms with Gasteiger partial charge in [0.15, 0.2) is 0 Å². The number of carbonyl (C=O) groups excluding carboxylic acids is 2. The molecule has 0 unspecified atom stereocenters. The maximum absolute atomic E-state index is 11.7. The summed E-state index contributed by atoms with van der Waals surface area (Å²) in [6, 6.07) is 0. The molecule has 2 N–H and O–H groups in total. The van der Waals surface area contributed by atoms with Crippen LogP contribution in [0.5, 0.6) is 0 Å². The van der Waals surface area contributed by atoms with E-state index in [1.807, 2.05) is 0 Å². The number of unbranched alkanes of at least 4 members (excludes halogenated alkanes) is 5. The quantitative estimate of drug-likeness (QED) is 0.216. The zero-order valence-corrected chi connectivity index (χ0v) is 19.0. The lowest BCUT2D eigenvalue weighted by atomic mass is 10.1. The summed E-state index contributed by atoms with van der Waals surface area (Å²) in [5.74, 6) is -0.582. The fourth-order valence-electron chi connectivity index (χ4n) is 2.60. The number of ether oxygens (including phenoxy) is 4. The van der Waals surface area contributed by atoms with E-state index in [1.54, 1.807) is 0 Å². The third-order valence-corrected chi connectivity index (χ3v) is 4.33. The summed E-state index contributed by atoms with van der Waals surface area (Å²) in [6.45, 7) is 5.75. The van der Waals surface area contributed by atoms with Gasteiger partial charge in [-0.05, 0) is 19.8 Å². The molecule has 0 aliphatic rings. The Morgan fingerprint density at radius 2 is 1.06 bits per heavy atom. The van der Waals surface area contributed by atoms with Crippen molar-refractivity contribution < 1.29 is 38.4 Å². The SMILES string of the molecule is CC(=O)CCOCCOCCOCCOCCNC(=O)CCCCCCCCC(=O)O. The first-order valence-corrected chi connectivity index (χ1v) is 11.3. The predicted molar refractivity (Wildman–Crippen MR) is 116 cm³/mol. The number of hydrogen-bond acceptors (Lipinski definition) is 7. The number of ketones is 1. The lowest BCUT2D eigenvalue weighted by Gasteiger charge is -2.08. The summed E-state index contributed by atoms with van der Waals surface area (Å²) in [4.78, 5) is 32.8. The van der Waals surface area contributed by atoms with Crippen molar-refractivity contribution in [2.75, 3.05) is 59.4 Å². The van der Waals surface area contributed by atoms with E-state index in [9.17, 15) is 14.4 Å². The fraction of sp³-hybridized carbons (Fsp3) is 0.864. The van der Waals surface area contributed by atoms with Crippen LogP contribution in [0.4, 0.5) is 0 Å². The molecule has 0 radical (unpaired) electrons. The highest BCUT2D eigenvalue weighted by Crippen LogP contribution is 2.08. The summed E-state index contributed by atoms with van der Waals surface area (Å²) in [6.07, 6.45) is 6.76. The Morgan fingerprint density at radius 3 is 1.58 bits per heavy atom. The molecule has 0 aromatic heterocycles. The number of amides is 1. The third kappa shape index (κ3) is 26.4. The number of nitrogens with one attached hydrogen (secondary N) is 1. The van der Waals surface area contributed by atoms with Crippen molar-refractivity contribution in [1.82, 2.24) is 5.32 Å². The second kappa shape index (κ2) is 23.1. The van der Waals surface area contributed by atoms with Crippen LogP contribution in [0.2, 0.25) is 0 Å². The van der Waals surface area contributed by atoms with Gasteiger partial charge in [-0.15, -0.1) is 0 Å². The molecule has 0 fully saturated rings. The van der Waals surface area contributed by atoms with Crippen LogP contribution < -0.4 is 5.32 Å². The van der Waals surface area contributed by atoms with Crippen molar-refractivity contribution in [3.05, 3.63) is 0 Å². The zero-order valence-electron chi connectivity index (χ0n) is 19.0. The Kier molecular flexibility index (Phi) is 22.0. The van der Waals surface area contributed by atoms with Crippen LogP contribution in [0.1, 0.15) is 64.7 Å². The average molecular weight is 448 g/mol. The first-order chi connectivity index (χ1) is 15.0. The maximum Gasteiger partial charge on any atom is 0.303 e. The zero-order chi connectivity index (χ0) is 23.0. The number of carboxylic acid groups (broad SMARTS) is 1. The molecule has 0 aliphatic heterocycles. The number of Topliss-reactive ketones (excluding diaryl/α,β-unsaturated/α-hetero) is 1. The molecule has 0 saturated carbocycles. The molecule has 0 aliphatic carbocycles. The van der Waals surface area contributed by atoms with Gasteiger partial charge >= 0.3 is 5.97 Å². The summed E-state index contributed by atoms with van der Waals surface area (Å²) in [7, 11) is 0. The molecular weight excluding hydrogens is 406 g/mol. The van der Waals surface area contributed by atoms with Gasteiger partial charge in [0, 0.05) is 25.8 Å². The summed E-state index contributed by atoms with van der Waals surface area (Å²) in [5, 5.41) is 11.4. The molecule has 0 rings (SSSR count). The topological polar surface area (TPSA) is 120 Å². The molecule has 0 atom stereocenters. The Bertz CT molecular complexity index is 459. The minimum Gasteiger partial charge on any atom is -0.481 e. The molecular formula is C22H41NO8. The normalized spacial score (nSPS) is 10.9. The van der Waals surface area contributed by atoms with Gasteiger partial charge in [-0.1, -0.05) is 25.7 Å². The number of carbonyl (C=O) groups is 3. The van der Waals surface area contributed by atoms with E-state index in [0.29, 0.717) is 72.2 Å². The molecule has 0 spiro atoms. The molecule has 182 valence electrons. The summed E-state index contributed by atoms with van der Waals surface area (Å²) < 4.78 is 21.4. The largest absolute Gasteiger partial charge is 0.481 e. The fourth-order valence-corrected chi connectivity index (χ4v) is 2.60. The number of hydrogen-bond donors (Lipinski definition) is 2. The Morgan fingerprint density at radius 1 is 0.613 bits per heavy atom. The minimum atomic E-state index is -0.737. The third-order valence-electron chi connectivity index (χ3n) is 4.33. The van der Waals surface area contributed by atoms with E-state index >= 15 is 0 Å². The van der Waals surface area contributed by atoms with Crippen LogP contribution in [-0.4, -0.2) is 82.2 Å².